The summed E-state index contributed by atoms with van der Waals surface area (Å²) in [5.41, 5.74) is 0.505. The summed E-state index contributed by atoms with van der Waals surface area (Å²) in [4.78, 5) is 13.1. The predicted molar refractivity (Wildman–Crippen MR) is 101 cm³/mol. The van der Waals surface area contributed by atoms with Crippen molar-refractivity contribution < 1.29 is 19.4 Å². The summed E-state index contributed by atoms with van der Waals surface area (Å²) in [6, 6.07) is 0. The first-order valence-electron chi connectivity index (χ1n) is 9.57. The number of hydrogen-bond donors (Lipinski definition) is 1. The minimum Gasteiger partial charge on any atom is -0.392 e. The van der Waals surface area contributed by atoms with Crippen LogP contribution < -0.4 is 0 Å². The van der Waals surface area contributed by atoms with Crippen LogP contribution in [0.3, 0.4) is 0 Å². The van der Waals surface area contributed by atoms with Crippen molar-refractivity contribution >= 4 is 5.78 Å². The number of rotatable bonds is 9. The van der Waals surface area contributed by atoms with E-state index < -0.39 is 23.2 Å². The number of ketones is 1. The van der Waals surface area contributed by atoms with Gasteiger partial charge in [0.25, 0.3) is 0 Å². The molecule has 0 radical (unpaired) electrons. The highest BCUT2D eigenvalue weighted by Crippen LogP contribution is 2.37. The Bertz CT molecular complexity index is 467. The van der Waals surface area contributed by atoms with E-state index in [0.29, 0.717) is 13.0 Å². The Balaban J connectivity index is 2.70. The maximum Gasteiger partial charge on any atom is 0.163 e. The molecule has 1 N–H and O–H groups in total. The molecule has 1 aliphatic rings. The van der Waals surface area contributed by atoms with E-state index in [4.69, 9.17) is 9.47 Å². The van der Waals surface area contributed by atoms with Crippen molar-refractivity contribution in [2.75, 3.05) is 6.61 Å². The first-order chi connectivity index (χ1) is 11.4. The SMILES string of the molecule is C=C(C)CCC[C@H](C)[C@H](O)[C@@H](C)C(=O)C(C)(C)[C@@H]1CCOC(C)(C)O1. The molecule has 4 nitrogen and oxygen atoms in total. The fourth-order valence-corrected chi connectivity index (χ4v) is 3.65. The molecule has 0 aromatic rings. The van der Waals surface area contributed by atoms with Crippen LogP contribution in [0, 0.1) is 17.3 Å². The molecule has 25 heavy (non-hydrogen) atoms. The molecule has 0 aromatic carbocycles. The molecular formula is C21H38O4. The van der Waals surface area contributed by atoms with Crippen LogP contribution in [-0.4, -0.2) is 35.5 Å². The molecule has 0 aliphatic carbocycles. The van der Waals surface area contributed by atoms with Crippen LogP contribution in [0.2, 0.25) is 0 Å². The Morgan fingerprint density at radius 1 is 1.36 bits per heavy atom. The van der Waals surface area contributed by atoms with E-state index in [0.717, 1.165) is 24.8 Å². The molecule has 1 saturated heterocycles. The number of carbonyl (C=O) groups excluding carboxylic acids is 1. The van der Waals surface area contributed by atoms with Gasteiger partial charge in [-0.1, -0.05) is 33.3 Å². The Morgan fingerprint density at radius 2 is 1.96 bits per heavy atom. The lowest BCUT2D eigenvalue weighted by molar-refractivity contribution is -0.289. The average Bonchev–Trinajstić information content (AvgIpc) is 2.51. The zero-order valence-electron chi connectivity index (χ0n) is 17.2. The topological polar surface area (TPSA) is 55.8 Å². The van der Waals surface area contributed by atoms with E-state index in [2.05, 4.69) is 6.58 Å². The summed E-state index contributed by atoms with van der Waals surface area (Å²) in [7, 11) is 0. The van der Waals surface area contributed by atoms with E-state index in [1.807, 2.05) is 48.5 Å². The van der Waals surface area contributed by atoms with E-state index in [1.165, 1.54) is 0 Å². The van der Waals surface area contributed by atoms with Gasteiger partial charge in [0.15, 0.2) is 5.79 Å². The van der Waals surface area contributed by atoms with Gasteiger partial charge in [0.1, 0.15) is 5.78 Å². The smallest absolute Gasteiger partial charge is 0.163 e. The van der Waals surface area contributed by atoms with Gasteiger partial charge in [-0.15, -0.1) is 6.58 Å². The number of aliphatic hydroxyl groups excluding tert-OH is 1. The molecule has 1 fully saturated rings. The number of hydrogen-bond acceptors (Lipinski definition) is 4. The second-order valence-electron chi connectivity index (χ2n) is 8.84. The summed E-state index contributed by atoms with van der Waals surface area (Å²) in [6.45, 7) is 18.0. The molecule has 0 aromatic heterocycles. The monoisotopic (exact) mass is 354 g/mol. The van der Waals surface area contributed by atoms with Crippen molar-refractivity contribution in [2.45, 2.75) is 92.1 Å². The van der Waals surface area contributed by atoms with Crippen LogP contribution in [-0.2, 0) is 14.3 Å². The molecule has 146 valence electrons. The molecule has 0 bridgehead atoms. The molecule has 0 unspecified atom stereocenters. The van der Waals surface area contributed by atoms with Crippen LogP contribution >= 0.6 is 0 Å². The van der Waals surface area contributed by atoms with Crippen molar-refractivity contribution in [2.24, 2.45) is 17.3 Å². The number of ether oxygens (including phenoxy) is 2. The molecule has 4 atom stereocenters. The molecule has 1 aliphatic heterocycles. The zero-order valence-corrected chi connectivity index (χ0v) is 17.2. The maximum absolute atomic E-state index is 13.1. The Morgan fingerprint density at radius 3 is 2.48 bits per heavy atom. The second-order valence-corrected chi connectivity index (χ2v) is 8.84. The Kier molecular flexibility index (Phi) is 7.85. The zero-order chi connectivity index (χ0) is 19.4. The lowest BCUT2D eigenvalue weighted by Crippen LogP contribution is -2.51. The first kappa shape index (κ1) is 22.3. The molecule has 0 saturated carbocycles. The molecule has 1 rings (SSSR count). The van der Waals surface area contributed by atoms with Gasteiger partial charge in [0.2, 0.25) is 0 Å². The van der Waals surface area contributed by atoms with Crippen LogP contribution in [0.1, 0.15) is 74.1 Å². The van der Waals surface area contributed by atoms with Gasteiger partial charge >= 0.3 is 0 Å². The summed E-state index contributed by atoms with van der Waals surface area (Å²) < 4.78 is 11.6. The van der Waals surface area contributed by atoms with Crippen molar-refractivity contribution in [1.82, 2.24) is 0 Å². The van der Waals surface area contributed by atoms with Crippen LogP contribution in [0.4, 0.5) is 0 Å². The Hall–Kier alpha value is -0.710. The molecule has 0 amide bonds. The molecular weight excluding hydrogens is 316 g/mol. The fourth-order valence-electron chi connectivity index (χ4n) is 3.65. The van der Waals surface area contributed by atoms with Crippen molar-refractivity contribution in [3.63, 3.8) is 0 Å². The lowest BCUT2D eigenvalue weighted by Gasteiger charge is -2.44. The number of carbonyl (C=O) groups is 1. The van der Waals surface area contributed by atoms with E-state index in [-0.39, 0.29) is 17.8 Å². The van der Waals surface area contributed by atoms with E-state index in [9.17, 15) is 9.90 Å². The van der Waals surface area contributed by atoms with Gasteiger partial charge in [0, 0.05) is 5.92 Å². The average molecular weight is 355 g/mol. The van der Waals surface area contributed by atoms with Crippen LogP contribution in [0.5, 0.6) is 0 Å². The van der Waals surface area contributed by atoms with Crippen LogP contribution in [0.15, 0.2) is 12.2 Å². The predicted octanol–water partition coefficient (Wildman–Crippen LogP) is 4.50. The third-order valence-corrected chi connectivity index (χ3v) is 5.47. The Labute approximate surface area is 154 Å². The highest BCUT2D eigenvalue weighted by atomic mass is 16.7. The maximum atomic E-state index is 13.1. The summed E-state index contributed by atoms with van der Waals surface area (Å²) in [6.07, 6.45) is 2.72. The van der Waals surface area contributed by atoms with Crippen molar-refractivity contribution in [3.8, 4) is 0 Å². The molecule has 4 heteroatoms. The number of allylic oxidation sites excluding steroid dienone is 1. The van der Waals surface area contributed by atoms with Gasteiger partial charge in [-0.3, -0.25) is 4.79 Å². The van der Waals surface area contributed by atoms with Crippen molar-refractivity contribution in [3.05, 3.63) is 12.2 Å². The third-order valence-electron chi connectivity index (χ3n) is 5.47. The molecule has 0 spiro atoms. The van der Waals surface area contributed by atoms with Crippen LogP contribution in [0.25, 0.3) is 0 Å². The van der Waals surface area contributed by atoms with E-state index >= 15 is 0 Å². The van der Waals surface area contributed by atoms with Gasteiger partial charge in [0.05, 0.1) is 24.2 Å². The van der Waals surface area contributed by atoms with Crippen molar-refractivity contribution in [1.29, 1.82) is 0 Å². The van der Waals surface area contributed by atoms with E-state index in [1.54, 1.807) is 0 Å². The summed E-state index contributed by atoms with van der Waals surface area (Å²) in [5, 5.41) is 10.7. The third kappa shape index (κ3) is 6.19. The quantitative estimate of drug-likeness (QED) is 0.619. The first-order valence-corrected chi connectivity index (χ1v) is 9.57. The minimum absolute atomic E-state index is 0.0643. The summed E-state index contributed by atoms with van der Waals surface area (Å²) in [5.74, 6) is -0.932. The van der Waals surface area contributed by atoms with Gasteiger partial charge in [-0.25, -0.2) is 0 Å². The normalized spacial score (nSPS) is 24.4. The van der Waals surface area contributed by atoms with Gasteiger partial charge < -0.3 is 14.6 Å². The fraction of sp³-hybridized carbons (Fsp3) is 0.857. The minimum atomic E-state index is -0.668. The standard InChI is InChI=1S/C21H38O4/c1-14(2)10-9-11-15(3)18(22)16(4)19(23)20(5,6)17-12-13-24-21(7,8)25-17/h15-18,22H,1,9-13H2,2-8H3/t15-,16+,17-,18-/m0/s1. The molecule has 1 heterocycles. The summed E-state index contributed by atoms with van der Waals surface area (Å²) >= 11 is 0. The van der Waals surface area contributed by atoms with Gasteiger partial charge in [-0.2, -0.15) is 0 Å². The highest BCUT2D eigenvalue weighted by Gasteiger charge is 2.45. The highest BCUT2D eigenvalue weighted by molar-refractivity contribution is 5.87. The largest absolute Gasteiger partial charge is 0.392 e. The lowest BCUT2D eigenvalue weighted by atomic mass is 9.72. The number of Topliss-reactive ketones (excluding diaryl/α,β-unsaturated/α-hetero) is 1. The van der Waals surface area contributed by atoms with Gasteiger partial charge in [-0.05, 0) is 52.4 Å². The second kappa shape index (κ2) is 8.79. The number of aliphatic hydroxyl groups is 1.